The molecule has 1 amide bonds. The Bertz CT molecular complexity index is 823. The van der Waals surface area contributed by atoms with Crippen LogP contribution in [0.1, 0.15) is 5.76 Å². The summed E-state index contributed by atoms with van der Waals surface area (Å²) in [6.45, 7) is 1.99. The van der Waals surface area contributed by atoms with Crippen molar-refractivity contribution in [1.82, 2.24) is 15.4 Å². The van der Waals surface area contributed by atoms with Gasteiger partial charge < -0.3 is 9.42 Å². The van der Waals surface area contributed by atoms with Gasteiger partial charge in [0.15, 0.2) is 5.76 Å². The SMILES string of the molecule is O=C1NC2=NCCN2C/C1=C/c1cc(-c2ccc(F)cc2)no1. The standard InChI is InChI=1S/C16H13FN4O2/c17-12-3-1-10(2-4-12)14-8-13(23-20-14)7-11-9-21-6-5-18-16(21)19-15(11)22/h1-4,7-8H,5-6,9H2,(H,18,19,22)/b11-7-. The molecular formula is C16H13FN4O2. The largest absolute Gasteiger partial charge is 0.356 e. The third-order valence-corrected chi connectivity index (χ3v) is 3.79. The summed E-state index contributed by atoms with van der Waals surface area (Å²) in [6, 6.07) is 7.71. The van der Waals surface area contributed by atoms with Gasteiger partial charge >= 0.3 is 0 Å². The van der Waals surface area contributed by atoms with Crippen LogP contribution < -0.4 is 5.32 Å². The molecule has 1 aromatic heterocycles. The summed E-state index contributed by atoms with van der Waals surface area (Å²) in [6.07, 6.45) is 1.67. The first kappa shape index (κ1) is 13.7. The lowest BCUT2D eigenvalue weighted by molar-refractivity contribution is -0.116. The Kier molecular flexibility index (Phi) is 3.18. The van der Waals surface area contributed by atoms with Gasteiger partial charge in [-0.3, -0.25) is 15.1 Å². The highest BCUT2D eigenvalue weighted by Gasteiger charge is 2.28. The highest BCUT2D eigenvalue weighted by molar-refractivity contribution is 6.10. The molecule has 2 aliphatic rings. The zero-order chi connectivity index (χ0) is 15.8. The predicted octanol–water partition coefficient (Wildman–Crippen LogP) is 1.67. The predicted molar refractivity (Wildman–Crippen MR) is 81.9 cm³/mol. The molecule has 0 aliphatic carbocycles. The smallest absolute Gasteiger partial charge is 0.255 e. The molecule has 0 atom stereocenters. The average Bonchev–Trinajstić information content (AvgIpc) is 3.18. The molecular weight excluding hydrogens is 299 g/mol. The summed E-state index contributed by atoms with van der Waals surface area (Å²) in [5.74, 6) is 0.633. The number of halogens is 1. The number of carbonyl (C=O) groups is 1. The van der Waals surface area contributed by atoms with E-state index in [2.05, 4.69) is 15.5 Å². The van der Waals surface area contributed by atoms with Gasteiger partial charge in [0.1, 0.15) is 11.5 Å². The van der Waals surface area contributed by atoms with E-state index < -0.39 is 0 Å². The van der Waals surface area contributed by atoms with Crippen molar-refractivity contribution in [3.63, 3.8) is 0 Å². The van der Waals surface area contributed by atoms with Gasteiger partial charge in [-0.15, -0.1) is 0 Å². The van der Waals surface area contributed by atoms with Crippen LogP contribution in [0.5, 0.6) is 0 Å². The van der Waals surface area contributed by atoms with Gasteiger partial charge in [0.25, 0.3) is 5.91 Å². The summed E-state index contributed by atoms with van der Waals surface area (Å²) in [5, 5.41) is 6.72. The molecule has 7 heteroatoms. The summed E-state index contributed by atoms with van der Waals surface area (Å²) < 4.78 is 18.2. The van der Waals surface area contributed by atoms with Crippen molar-refractivity contribution in [3.8, 4) is 11.3 Å². The fourth-order valence-electron chi connectivity index (χ4n) is 2.61. The van der Waals surface area contributed by atoms with E-state index in [-0.39, 0.29) is 11.7 Å². The first-order valence-electron chi connectivity index (χ1n) is 7.23. The van der Waals surface area contributed by atoms with Gasteiger partial charge in [-0.1, -0.05) is 5.16 Å². The Labute approximate surface area is 131 Å². The van der Waals surface area contributed by atoms with Crippen LogP contribution in [-0.4, -0.2) is 41.6 Å². The molecule has 1 N–H and O–H groups in total. The maximum Gasteiger partial charge on any atom is 0.255 e. The van der Waals surface area contributed by atoms with Gasteiger partial charge in [0.05, 0.1) is 13.1 Å². The summed E-state index contributed by atoms with van der Waals surface area (Å²) >= 11 is 0. The molecule has 1 saturated heterocycles. The van der Waals surface area contributed by atoms with Crippen molar-refractivity contribution in [1.29, 1.82) is 0 Å². The second-order valence-corrected chi connectivity index (χ2v) is 5.37. The summed E-state index contributed by atoms with van der Waals surface area (Å²) in [4.78, 5) is 18.3. The fourth-order valence-corrected chi connectivity index (χ4v) is 2.61. The van der Waals surface area contributed by atoms with Gasteiger partial charge in [-0.2, -0.15) is 0 Å². The Morgan fingerprint density at radius 1 is 1.30 bits per heavy atom. The normalized spacial score (nSPS) is 18.8. The zero-order valence-electron chi connectivity index (χ0n) is 12.1. The molecule has 116 valence electrons. The molecule has 0 unspecified atom stereocenters. The van der Waals surface area contributed by atoms with Gasteiger partial charge in [-0.05, 0) is 30.3 Å². The minimum Gasteiger partial charge on any atom is -0.356 e. The minimum atomic E-state index is -0.304. The monoisotopic (exact) mass is 312 g/mol. The first-order valence-corrected chi connectivity index (χ1v) is 7.23. The van der Waals surface area contributed by atoms with Crippen molar-refractivity contribution in [2.75, 3.05) is 19.6 Å². The number of benzene rings is 1. The number of guanidine groups is 1. The number of carbonyl (C=O) groups excluding carboxylic acids is 1. The lowest BCUT2D eigenvalue weighted by Crippen LogP contribution is -2.49. The number of fused-ring (bicyclic) bond motifs is 1. The maximum atomic E-state index is 13.0. The van der Waals surface area contributed by atoms with Crippen LogP contribution >= 0.6 is 0 Å². The van der Waals surface area contributed by atoms with Crippen molar-refractivity contribution in [2.24, 2.45) is 4.99 Å². The number of aromatic nitrogens is 1. The second kappa shape index (κ2) is 5.35. The number of amides is 1. The Morgan fingerprint density at radius 3 is 2.96 bits per heavy atom. The zero-order valence-corrected chi connectivity index (χ0v) is 12.1. The van der Waals surface area contributed by atoms with E-state index in [0.717, 1.165) is 12.1 Å². The van der Waals surface area contributed by atoms with Crippen molar-refractivity contribution >= 4 is 17.9 Å². The summed E-state index contributed by atoms with van der Waals surface area (Å²) in [7, 11) is 0. The van der Waals surface area contributed by atoms with E-state index in [1.807, 2.05) is 4.90 Å². The van der Waals surface area contributed by atoms with Gasteiger partial charge in [0.2, 0.25) is 5.96 Å². The summed E-state index contributed by atoms with van der Waals surface area (Å²) in [5.41, 5.74) is 1.94. The van der Waals surface area contributed by atoms with E-state index in [4.69, 9.17) is 4.52 Å². The molecule has 1 fully saturated rings. The number of nitrogens with zero attached hydrogens (tertiary/aromatic N) is 3. The van der Waals surface area contributed by atoms with E-state index in [9.17, 15) is 9.18 Å². The lowest BCUT2D eigenvalue weighted by Gasteiger charge is -2.26. The minimum absolute atomic E-state index is 0.179. The number of aliphatic imine (C=N–C) groups is 1. The number of nitrogens with one attached hydrogen (secondary N) is 1. The molecule has 3 heterocycles. The van der Waals surface area contributed by atoms with Crippen molar-refractivity contribution in [2.45, 2.75) is 0 Å². The average molecular weight is 312 g/mol. The van der Waals surface area contributed by atoms with Crippen LogP contribution in [0.2, 0.25) is 0 Å². The quantitative estimate of drug-likeness (QED) is 0.856. The molecule has 2 aromatic rings. The highest BCUT2D eigenvalue weighted by atomic mass is 19.1. The number of rotatable bonds is 2. The highest BCUT2D eigenvalue weighted by Crippen LogP contribution is 2.22. The van der Waals surface area contributed by atoms with Crippen molar-refractivity contribution in [3.05, 3.63) is 47.5 Å². The molecule has 2 aliphatic heterocycles. The Hall–Kier alpha value is -2.96. The third-order valence-electron chi connectivity index (χ3n) is 3.79. The van der Waals surface area contributed by atoms with Crippen molar-refractivity contribution < 1.29 is 13.7 Å². The van der Waals surface area contributed by atoms with Gasteiger partial charge in [-0.25, -0.2) is 4.39 Å². The Balaban J connectivity index is 1.58. The lowest BCUT2D eigenvalue weighted by atomic mass is 10.1. The van der Waals surface area contributed by atoms with Crippen LogP contribution in [0.25, 0.3) is 17.3 Å². The fraction of sp³-hybridized carbons (Fsp3) is 0.188. The van der Waals surface area contributed by atoms with E-state index in [0.29, 0.717) is 36.1 Å². The molecule has 0 saturated carbocycles. The molecule has 4 rings (SSSR count). The van der Waals surface area contributed by atoms with Crippen LogP contribution in [0, 0.1) is 5.82 Å². The van der Waals surface area contributed by atoms with E-state index in [1.165, 1.54) is 12.1 Å². The topological polar surface area (TPSA) is 70.7 Å². The van der Waals surface area contributed by atoms with Crippen LogP contribution in [-0.2, 0) is 4.79 Å². The number of hydrogen-bond acceptors (Lipinski definition) is 5. The van der Waals surface area contributed by atoms with E-state index >= 15 is 0 Å². The molecule has 1 aromatic carbocycles. The second-order valence-electron chi connectivity index (χ2n) is 5.37. The van der Waals surface area contributed by atoms with E-state index in [1.54, 1.807) is 24.3 Å². The van der Waals surface area contributed by atoms with Crippen LogP contribution in [0.3, 0.4) is 0 Å². The molecule has 23 heavy (non-hydrogen) atoms. The third kappa shape index (κ3) is 2.61. The molecule has 0 spiro atoms. The maximum absolute atomic E-state index is 13.0. The van der Waals surface area contributed by atoms with Gasteiger partial charge in [0, 0.05) is 23.7 Å². The molecule has 0 bridgehead atoms. The van der Waals surface area contributed by atoms with Crippen LogP contribution in [0.15, 0.2) is 45.4 Å². The number of hydrogen-bond donors (Lipinski definition) is 1. The van der Waals surface area contributed by atoms with Crippen LogP contribution in [0.4, 0.5) is 4.39 Å². The Morgan fingerprint density at radius 2 is 2.13 bits per heavy atom. The first-order chi connectivity index (χ1) is 11.2. The molecule has 6 nitrogen and oxygen atoms in total. The molecule has 0 radical (unpaired) electrons.